The zero-order valence-electron chi connectivity index (χ0n) is 12.6. The monoisotopic (exact) mass is 293 g/mol. The Bertz CT molecular complexity index is 486. The lowest BCUT2D eigenvalue weighted by atomic mass is 9.88. The second kappa shape index (κ2) is 6.13. The number of carbonyl (C=O) groups is 1. The molecule has 1 aromatic heterocycles. The lowest BCUT2D eigenvalue weighted by Gasteiger charge is -2.31. The van der Waals surface area contributed by atoms with Crippen molar-refractivity contribution in [3.8, 4) is 0 Å². The molecule has 1 unspecified atom stereocenters. The Morgan fingerprint density at radius 2 is 2.05 bits per heavy atom. The Hall–Kier alpha value is -1.43. The van der Waals surface area contributed by atoms with E-state index in [1.807, 2.05) is 0 Å². The van der Waals surface area contributed by atoms with E-state index in [4.69, 9.17) is 9.26 Å². The highest BCUT2D eigenvalue weighted by Gasteiger charge is 2.40. The van der Waals surface area contributed by atoms with Crippen LogP contribution in [0.3, 0.4) is 0 Å². The largest absolute Gasteiger partial charge is 0.381 e. The van der Waals surface area contributed by atoms with Gasteiger partial charge in [0.05, 0.1) is 12.5 Å². The molecule has 1 aromatic rings. The van der Waals surface area contributed by atoms with E-state index in [1.165, 1.54) is 12.8 Å². The Balaban J connectivity index is 1.82. The van der Waals surface area contributed by atoms with Crippen molar-refractivity contribution in [3.05, 3.63) is 11.7 Å². The van der Waals surface area contributed by atoms with Gasteiger partial charge in [0.25, 0.3) is 0 Å². The quantitative estimate of drug-likeness (QED) is 0.863. The summed E-state index contributed by atoms with van der Waals surface area (Å²) in [5, 5.41) is 7.34. The first kappa shape index (κ1) is 14.5. The third kappa shape index (κ3) is 3.10. The van der Waals surface area contributed by atoms with Crippen molar-refractivity contribution in [1.29, 1.82) is 0 Å². The van der Waals surface area contributed by atoms with E-state index < -0.39 is 5.54 Å². The molecule has 1 saturated carbocycles. The van der Waals surface area contributed by atoms with E-state index in [1.54, 1.807) is 6.92 Å². The molecule has 6 heteroatoms. The lowest BCUT2D eigenvalue weighted by molar-refractivity contribution is -0.127. The van der Waals surface area contributed by atoms with E-state index in [0.29, 0.717) is 24.9 Å². The zero-order valence-corrected chi connectivity index (χ0v) is 12.6. The van der Waals surface area contributed by atoms with Crippen molar-refractivity contribution in [3.63, 3.8) is 0 Å². The van der Waals surface area contributed by atoms with Gasteiger partial charge in [-0.1, -0.05) is 30.8 Å². The minimum atomic E-state index is -0.464. The molecule has 1 aliphatic heterocycles. The van der Waals surface area contributed by atoms with Gasteiger partial charge in [-0.25, -0.2) is 0 Å². The van der Waals surface area contributed by atoms with Gasteiger partial charge in [0.1, 0.15) is 5.54 Å². The molecule has 116 valence electrons. The summed E-state index contributed by atoms with van der Waals surface area (Å²) in [5.41, 5.74) is -0.464. The minimum Gasteiger partial charge on any atom is -0.381 e. The van der Waals surface area contributed by atoms with E-state index in [-0.39, 0.29) is 11.8 Å². The standard InChI is InChI=1S/C15H23N3O3/c1-11-16-14(18-21-11)15(7-4-2-3-5-8-15)17-13(19)12-6-9-20-10-12/h12H,2-10H2,1H3,(H,17,19). The van der Waals surface area contributed by atoms with Crippen LogP contribution < -0.4 is 5.32 Å². The number of ether oxygens (including phenoxy) is 1. The van der Waals surface area contributed by atoms with Gasteiger partial charge in [-0.05, 0) is 19.3 Å². The first-order valence-electron chi connectivity index (χ1n) is 7.90. The highest BCUT2D eigenvalue weighted by atomic mass is 16.5. The molecule has 21 heavy (non-hydrogen) atoms. The minimum absolute atomic E-state index is 0.0434. The van der Waals surface area contributed by atoms with Crippen molar-refractivity contribution in [1.82, 2.24) is 15.5 Å². The normalized spacial score (nSPS) is 25.5. The van der Waals surface area contributed by atoms with E-state index in [2.05, 4.69) is 15.5 Å². The second-order valence-corrected chi connectivity index (χ2v) is 6.18. The number of nitrogens with zero attached hydrogens (tertiary/aromatic N) is 2. The number of aromatic nitrogens is 2. The molecule has 6 nitrogen and oxygen atoms in total. The predicted molar refractivity (Wildman–Crippen MR) is 75.5 cm³/mol. The Morgan fingerprint density at radius 1 is 1.29 bits per heavy atom. The van der Waals surface area contributed by atoms with Gasteiger partial charge in [-0.15, -0.1) is 0 Å². The Kier molecular flexibility index (Phi) is 4.24. The fourth-order valence-corrected chi connectivity index (χ4v) is 3.31. The fraction of sp³-hybridized carbons (Fsp3) is 0.800. The van der Waals surface area contributed by atoms with Crippen molar-refractivity contribution in [2.24, 2.45) is 5.92 Å². The summed E-state index contributed by atoms with van der Waals surface area (Å²) in [7, 11) is 0. The van der Waals surface area contributed by atoms with Gasteiger partial charge in [0.15, 0.2) is 5.82 Å². The van der Waals surface area contributed by atoms with Crippen LogP contribution in [0, 0.1) is 12.8 Å². The molecule has 1 atom stereocenters. The van der Waals surface area contributed by atoms with Crippen LogP contribution in [-0.4, -0.2) is 29.3 Å². The molecule has 0 spiro atoms. The van der Waals surface area contributed by atoms with Gasteiger partial charge in [0.2, 0.25) is 11.8 Å². The maximum Gasteiger partial charge on any atom is 0.226 e. The van der Waals surface area contributed by atoms with Gasteiger partial charge < -0.3 is 14.6 Å². The summed E-state index contributed by atoms with van der Waals surface area (Å²) in [6.45, 7) is 2.98. The summed E-state index contributed by atoms with van der Waals surface area (Å²) < 4.78 is 10.5. The maximum absolute atomic E-state index is 12.5. The van der Waals surface area contributed by atoms with Gasteiger partial charge >= 0.3 is 0 Å². The maximum atomic E-state index is 12.5. The molecule has 1 saturated heterocycles. The molecule has 3 rings (SSSR count). The number of hydrogen-bond donors (Lipinski definition) is 1. The van der Waals surface area contributed by atoms with Gasteiger partial charge in [-0.2, -0.15) is 4.98 Å². The van der Waals surface area contributed by atoms with E-state index >= 15 is 0 Å². The molecule has 0 radical (unpaired) electrons. The molecular formula is C15H23N3O3. The molecule has 1 N–H and O–H groups in total. The van der Waals surface area contributed by atoms with E-state index in [9.17, 15) is 4.79 Å². The highest BCUT2D eigenvalue weighted by Crippen LogP contribution is 2.35. The molecule has 2 fully saturated rings. The molecule has 1 aliphatic carbocycles. The third-order valence-corrected chi connectivity index (χ3v) is 4.58. The van der Waals surface area contributed by atoms with Crippen LogP contribution in [0.25, 0.3) is 0 Å². The van der Waals surface area contributed by atoms with Crippen LogP contribution in [0.5, 0.6) is 0 Å². The van der Waals surface area contributed by atoms with E-state index in [0.717, 1.165) is 32.1 Å². The summed E-state index contributed by atoms with van der Waals surface area (Å²) in [5.74, 6) is 1.20. The molecule has 2 aliphatic rings. The average Bonchev–Trinajstić information content (AvgIpc) is 3.09. The SMILES string of the molecule is Cc1nc(C2(NC(=O)C3CCOC3)CCCCCC2)no1. The summed E-state index contributed by atoms with van der Waals surface area (Å²) >= 11 is 0. The van der Waals surface area contributed by atoms with Crippen LogP contribution in [0.2, 0.25) is 0 Å². The first-order valence-corrected chi connectivity index (χ1v) is 7.90. The van der Waals surface area contributed by atoms with Crippen molar-refractivity contribution in [2.45, 2.75) is 57.4 Å². The molecule has 2 heterocycles. The van der Waals surface area contributed by atoms with Crippen LogP contribution in [0.4, 0.5) is 0 Å². The summed E-state index contributed by atoms with van der Waals surface area (Å²) in [4.78, 5) is 16.9. The van der Waals surface area contributed by atoms with Crippen LogP contribution in [0.1, 0.15) is 56.7 Å². The third-order valence-electron chi connectivity index (χ3n) is 4.58. The lowest BCUT2D eigenvalue weighted by Crippen LogP contribution is -2.48. The molecular weight excluding hydrogens is 270 g/mol. The number of rotatable bonds is 3. The number of nitrogens with one attached hydrogen (secondary N) is 1. The second-order valence-electron chi connectivity index (χ2n) is 6.18. The van der Waals surface area contributed by atoms with Gasteiger partial charge in [-0.3, -0.25) is 4.79 Å². The van der Waals surface area contributed by atoms with Crippen molar-refractivity contribution in [2.75, 3.05) is 13.2 Å². The molecule has 0 aromatic carbocycles. The highest BCUT2D eigenvalue weighted by molar-refractivity contribution is 5.79. The Labute approximate surface area is 124 Å². The fourth-order valence-electron chi connectivity index (χ4n) is 3.31. The van der Waals surface area contributed by atoms with Crippen LogP contribution in [-0.2, 0) is 15.1 Å². The number of aryl methyl sites for hydroxylation is 1. The predicted octanol–water partition coefficient (Wildman–Crippen LogP) is 2.08. The van der Waals surface area contributed by atoms with Crippen LogP contribution in [0.15, 0.2) is 4.52 Å². The topological polar surface area (TPSA) is 77.2 Å². The molecule has 1 amide bonds. The number of carbonyl (C=O) groups excluding carboxylic acids is 1. The number of amides is 1. The van der Waals surface area contributed by atoms with Crippen molar-refractivity contribution < 1.29 is 14.1 Å². The number of hydrogen-bond acceptors (Lipinski definition) is 5. The zero-order chi connectivity index (χ0) is 14.7. The molecule has 0 bridgehead atoms. The first-order chi connectivity index (χ1) is 10.2. The van der Waals surface area contributed by atoms with Gasteiger partial charge in [0, 0.05) is 13.5 Å². The summed E-state index contributed by atoms with van der Waals surface area (Å²) in [6, 6.07) is 0. The smallest absolute Gasteiger partial charge is 0.226 e. The average molecular weight is 293 g/mol. The van der Waals surface area contributed by atoms with Crippen molar-refractivity contribution >= 4 is 5.91 Å². The summed E-state index contributed by atoms with van der Waals surface area (Å²) in [6.07, 6.45) is 7.11. The van der Waals surface area contributed by atoms with Crippen LogP contribution >= 0.6 is 0 Å². The Morgan fingerprint density at radius 3 is 2.62 bits per heavy atom.